The molecule has 5 heteroatoms. The number of nitrogens with zero attached hydrogens (tertiary/aromatic N) is 4. The summed E-state index contributed by atoms with van der Waals surface area (Å²) in [6, 6.07) is 10.5. The molecule has 1 aromatic carbocycles. The minimum atomic E-state index is 0.0129. The van der Waals surface area contributed by atoms with Gasteiger partial charge in [0.2, 0.25) is 0 Å². The van der Waals surface area contributed by atoms with Crippen molar-refractivity contribution in [3.8, 4) is 0 Å². The van der Waals surface area contributed by atoms with Crippen LogP contribution in [0.5, 0.6) is 0 Å². The van der Waals surface area contributed by atoms with Crippen LogP contribution in [-0.4, -0.2) is 39.4 Å². The summed E-state index contributed by atoms with van der Waals surface area (Å²) in [4.78, 5) is 19.8. The van der Waals surface area contributed by atoms with Gasteiger partial charge >= 0.3 is 0 Å². The minimum Gasteiger partial charge on any atom is -0.337 e. The van der Waals surface area contributed by atoms with Crippen LogP contribution in [0.4, 0.5) is 5.69 Å². The molecule has 3 aliphatic rings. The van der Waals surface area contributed by atoms with Crippen LogP contribution < -0.4 is 0 Å². The molecule has 0 radical (unpaired) electrons. The monoisotopic (exact) mass is 348 g/mol. The van der Waals surface area contributed by atoms with Gasteiger partial charge in [0, 0.05) is 37.2 Å². The summed E-state index contributed by atoms with van der Waals surface area (Å²) in [5, 5.41) is 4.55. The number of hydrogen-bond donors (Lipinski definition) is 0. The Hall–Kier alpha value is -2.43. The van der Waals surface area contributed by atoms with Crippen molar-refractivity contribution < 1.29 is 4.79 Å². The molecule has 3 heterocycles. The van der Waals surface area contributed by atoms with Gasteiger partial charge < -0.3 is 4.90 Å². The van der Waals surface area contributed by atoms with Crippen LogP contribution in [-0.2, 0) is 12.5 Å². The van der Waals surface area contributed by atoms with Crippen molar-refractivity contribution in [3.05, 3.63) is 47.3 Å². The van der Waals surface area contributed by atoms with E-state index in [0.717, 1.165) is 43.0 Å². The van der Waals surface area contributed by atoms with Gasteiger partial charge in [-0.05, 0) is 50.3 Å². The predicted molar refractivity (Wildman–Crippen MR) is 101 cm³/mol. The van der Waals surface area contributed by atoms with Crippen LogP contribution in [0.15, 0.2) is 35.3 Å². The van der Waals surface area contributed by atoms with E-state index in [-0.39, 0.29) is 11.3 Å². The number of carbonyl (C=O) groups is 1. The lowest BCUT2D eigenvalue weighted by Gasteiger charge is -2.40. The van der Waals surface area contributed by atoms with Crippen LogP contribution >= 0.6 is 0 Å². The van der Waals surface area contributed by atoms with Gasteiger partial charge in [0.05, 0.1) is 11.4 Å². The first-order chi connectivity index (χ1) is 12.6. The lowest BCUT2D eigenvalue weighted by atomic mass is 9.71. The molecule has 0 unspecified atom stereocenters. The Balaban J connectivity index is 1.36. The third kappa shape index (κ3) is 2.26. The Morgan fingerprint density at radius 1 is 1.19 bits per heavy atom. The van der Waals surface area contributed by atoms with E-state index >= 15 is 0 Å². The Kier molecular flexibility index (Phi) is 3.36. The smallest absolute Gasteiger partial charge is 0.272 e. The second-order valence-electron chi connectivity index (χ2n) is 7.94. The summed E-state index contributed by atoms with van der Waals surface area (Å²) in [6.45, 7) is 3.68. The van der Waals surface area contributed by atoms with E-state index in [2.05, 4.69) is 30.2 Å². The van der Waals surface area contributed by atoms with Crippen LogP contribution in [0.1, 0.15) is 60.3 Å². The molecule has 0 atom stereocenters. The Morgan fingerprint density at radius 3 is 2.65 bits per heavy atom. The van der Waals surface area contributed by atoms with E-state index in [1.807, 2.05) is 24.1 Å². The molecule has 2 aromatic rings. The summed E-state index contributed by atoms with van der Waals surface area (Å²) in [5.41, 5.74) is 5.45. The molecule has 134 valence electrons. The van der Waals surface area contributed by atoms with Crippen molar-refractivity contribution >= 4 is 17.3 Å². The molecule has 1 saturated heterocycles. The zero-order chi connectivity index (χ0) is 17.9. The number of para-hydroxylation sites is 1. The highest BCUT2D eigenvalue weighted by Gasteiger charge is 2.44. The molecule has 2 aliphatic heterocycles. The molecule has 1 amide bonds. The van der Waals surface area contributed by atoms with Crippen LogP contribution in [0, 0.1) is 0 Å². The Bertz CT molecular complexity index is 914. The van der Waals surface area contributed by atoms with E-state index in [9.17, 15) is 4.79 Å². The molecule has 26 heavy (non-hydrogen) atoms. The molecule has 1 spiro atoms. The number of rotatable bonds is 2. The molecule has 0 bridgehead atoms. The van der Waals surface area contributed by atoms with Gasteiger partial charge in [0.15, 0.2) is 0 Å². The molecular weight excluding hydrogens is 324 g/mol. The molecular formula is C21H24N4O. The second kappa shape index (κ2) is 5.53. The third-order valence-corrected chi connectivity index (χ3v) is 6.42. The number of aromatic nitrogens is 2. The van der Waals surface area contributed by atoms with Crippen molar-refractivity contribution in [2.45, 2.75) is 43.9 Å². The lowest BCUT2D eigenvalue weighted by molar-refractivity contribution is 0.0686. The number of aliphatic imine (C=N–C) groups is 1. The molecule has 1 saturated carbocycles. The molecule has 5 rings (SSSR count). The highest BCUT2D eigenvalue weighted by Crippen LogP contribution is 2.46. The van der Waals surface area contributed by atoms with Crippen molar-refractivity contribution in [3.63, 3.8) is 0 Å². The topological polar surface area (TPSA) is 50.5 Å². The number of amides is 1. The average Bonchev–Trinajstić information content (AvgIpc) is 3.38. The zero-order valence-electron chi connectivity index (χ0n) is 15.4. The summed E-state index contributed by atoms with van der Waals surface area (Å²) in [5.74, 6) is 0.684. The van der Waals surface area contributed by atoms with E-state index < -0.39 is 0 Å². The number of hydrogen-bond acceptors (Lipinski definition) is 3. The fraction of sp³-hybridized carbons (Fsp3) is 0.476. The summed E-state index contributed by atoms with van der Waals surface area (Å²) in [7, 11) is 1.88. The molecule has 0 N–H and O–H groups in total. The van der Waals surface area contributed by atoms with Crippen molar-refractivity contribution in [2.24, 2.45) is 12.0 Å². The minimum absolute atomic E-state index is 0.0129. The number of piperidine rings is 1. The third-order valence-electron chi connectivity index (χ3n) is 6.42. The average molecular weight is 348 g/mol. The lowest BCUT2D eigenvalue weighted by Crippen LogP contribution is -2.47. The number of fused-ring (bicyclic) bond motifs is 2. The summed E-state index contributed by atoms with van der Waals surface area (Å²) in [6.07, 6.45) is 4.29. The first-order valence-electron chi connectivity index (χ1n) is 9.57. The van der Waals surface area contributed by atoms with Gasteiger partial charge in [0.25, 0.3) is 5.91 Å². The molecule has 2 fully saturated rings. The predicted octanol–water partition coefficient (Wildman–Crippen LogP) is 3.58. The van der Waals surface area contributed by atoms with Crippen LogP contribution in [0.2, 0.25) is 0 Å². The van der Waals surface area contributed by atoms with E-state index in [0.29, 0.717) is 5.92 Å². The van der Waals surface area contributed by atoms with Crippen molar-refractivity contribution in [1.29, 1.82) is 0 Å². The highest BCUT2D eigenvalue weighted by atomic mass is 16.2. The molecule has 1 aromatic heterocycles. The SMILES string of the molecule is CC1=Nc2ccccc2C12CCN(C(=O)c1cc(C3CC3)nn1C)CC2. The van der Waals surface area contributed by atoms with Gasteiger partial charge in [-0.3, -0.25) is 14.5 Å². The van der Waals surface area contributed by atoms with Crippen LogP contribution in [0.25, 0.3) is 0 Å². The van der Waals surface area contributed by atoms with Gasteiger partial charge in [-0.1, -0.05) is 18.2 Å². The fourth-order valence-corrected chi connectivity index (χ4v) is 4.61. The molecule has 1 aliphatic carbocycles. The summed E-state index contributed by atoms with van der Waals surface area (Å²) < 4.78 is 1.76. The summed E-state index contributed by atoms with van der Waals surface area (Å²) >= 11 is 0. The van der Waals surface area contributed by atoms with Gasteiger partial charge in [-0.15, -0.1) is 0 Å². The Labute approximate surface area is 153 Å². The normalized spacial score (nSPS) is 21.0. The highest BCUT2D eigenvalue weighted by molar-refractivity contribution is 6.00. The number of benzene rings is 1. The quantitative estimate of drug-likeness (QED) is 0.833. The first-order valence-corrected chi connectivity index (χ1v) is 9.57. The maximum atomic E-state index is 13.0. The van der Waals surface area contributed by atoms with Gasteiger partial charge in [-0.25, -0.2) is 0 Å². The van der Waals surface area contributed by atoms with Gasteiger partial charge in [-0.2, -0.15) is 5.10 Å². The van der Waals surface area contributed by atoms with E-state index in [1.165, 1.54) is 24.1 Å². The number of aryl methyl sites for hydroxylation is 1. The number of likely N-dealkylation sites (tertiary alicyclic amines) is 1. The molecule has 5 nitrogen and oxygen atoms in total. The van der Waals surface area contributed by atoms with Crippen molar-refractivity contribution in [2.75, 3.05) is 13.1 Å². The fourth-order valence-electron chi connectivity index (χ4n) is 4.61. The van der Waals surface area contributed by atoms with Gasteiger partial charge in [0.1, 0.15) is 5.69 Å². The second-order valence-corrected chi connectivity index (χ2v) is 7.94. The van der Waals surface area contributed by atoms with E-state index in [1.54, 1.807) is 4.68 Å². The maximum absolute atomic E-state index is 13.0. The maximum Gasteiger partial charge on any atom is 0.272 e. The van der Waals surface area contributed by atoms with Crippen molar-refractivity contribution in [1.82, 2.24) is 14.7 Å². The standard InChI is InChI=1S/C21H24N4O/c1-14-21(16-5-3-4-6-17(16)22-14)9-11-25(12-10-21)20(26)19-13-18(15-7-8-15)23-24(19)2/h3-6,13,15H,7-12H2,1-2H3. The zero-order valence-corrected chi connectivity index (χ0v) is 15.4. The Morgan fingerprint density at radius 2 is 1.92 bits per heavy atom. The van der Waals surface area contributed by atoms with E-state index in [4.69, 9.17) is 4.99 Å². The van der Waals surface area contributed by atoms with Crippen LogP contribution in [0.3, 0.4) is 0 Å². The largest absolute Gasteiger partial charge is 0.337 e. The first kappa shape index (κ1) is 15.8. The number of carbonyl (C=O) groups excluding carboxylic acids is 1.